The topological polar surface area (TPSA) is 145 Å². The van der Waals surface area contributed by atoms with E-state index in [1.807, 2.05) is 6.92 Å². The molecule has 0 atom stereocenters. The van der Waals surface area contributed by atoms with Gasteiger partial charge in [0.1, 0.15) is 0 Å². The predicted molar refractivity (Wildman–Crippen MR) is 105 cm³/mol. The second-order valence-electron chi connectivity index (χ2n) is 8.85. The lowest BCUT2D eigenvalue weighted by Crippen LogP contribution is -2.65. The van der Waals surface area contributed by atoms with E-state index in [1.165, 1.54) is 0 Å². The van der Waals surface area contributed by atoms with E-state index in [1.54, 1.807) is 0 Å². The monoisotopic (exact) mass is 624 g/mol. The van der Waals surface area contributed by atoms with E-state index in [-0.39, 0.29) is 37.7 Å². The molecule has 1 aliphatic heterocycles. The molecule has 0 bridgehead atoms. The van der Waals surface area contributed by atoms with Gasteiger partial charge < -0.3 is 9.47 Å². The lowest BCUT2D eigenvalue weighted by molar-refractivity contribution is -0.244. The fourth-order valence-corrected chi connectivity index (χ4v) is 7.02. The highest BCUT2D eigenvalue weighted by Gasteiger charge is 2.82. The normalized spacial score (nSPS) is 24.5. The Morgan fingerprint density at radius 1 is 0.784 bits per heavy atom. The Kier molecular flexibility index (Phi) is 8.64. The average Bonchev–Trinajstić information content (AvgIpc) is 2.69. The van der Waals surface area contributed by atoms with Crippen molar-refractivity contribution >= 4 is 30.1 Å². The minimum Gasteiger partial charge on any atom is -0.380 e. The Hall–Kier alpha value is -0.940. The van der Waals surface area contributed by atoms with Gasteiger partial charge in [-0.2, -0.15) is 39.5 Å². The molecule has 1 saturated carbocycles. The van der Waals surface area contributed by atoms with Crippen LogP contribution < -0.4 is 8.85 Å². The van der Waals surface area contributed by atoms with E-state index in [4.69, 9.17) is 9.47 Å². The lowest BCUT2D eigenvalue weighted by Gasteiger charge is -2.39. The van der Waals surface area contributed by atoms with Gasteiger partial charge in [-0.1, -0.05) is 11.1 Å². The molecule has 37 heavy (non-hydrogen) atoms. The first kappa shape index (κ1) is 32.3. The zero-order chi connectivity index (χ0) is 28.9. The second-order valence-corrected chi connectivity index (χ2v) is 14.3. The predicted octanol–water partition coefficient (Wildman–Crippen LogP) is 1.86. The molecule has 0 amide bonds. The third kappa shape index (κ3) is 6.13. The molecule has 0 aromatic carbocycles. The molecule has 220 valence electrons. The number of sulfonamides is 3. The summed E-state index contributed by atoms with van der Waals surface area (Å²) in [6, 6.07) is -1.50. The van der Waals surface area contributed by atoms with Gasteiger partial charge in [0, 0.05) is 11.5 Å². The van der Waals surface area contributed by atoms with Crippen LogP contribution in [-0.4, -0.2) is 79.2 Å². The van der Waals surface area contributed by atoms with Gasteiger partial charge in [-0.05, 0) is 25.7 Å². The minimum absolute atomic E-state index is 0.0375. The number of ether oxygens (including phenoxy) is 2. The fourth-order valence-electron chi connectivity index (χ4n) is 3.24. The summed E-state index contributed by atoms with van der Waals surface area (Å²) >= 11 is 0. The van der Waals surface area contributed by atoms with Gasteiger partial charge in [-0.3, -0.25) is 0 Å². The average molecular weight is 625 g/mol. The van der Waals surface area contributed by atoms with E-state index in [2.05, 4.69) is 0 Å². The van der Waals surface area contributed by atoms with Crippen molar-refractivity contribution in [3.05, 3.63) is 0 Å². The third-order valence-electron chi connectivity index (χ3n) is 5.49. The van der Waals surface area contributed by atoms with Gasteiger partial charge in [-0.15, -0.1) is 0 Å². The highest BCUT2D eigenvalue weighted by Crippen LogP contribution is 2.50. The van der Waals surface area contributed by atoms with Crippen molar-refractivity contribution in [3.8, 4) is 0 Å². The summed E-state index contributed by atoms with van der Waals surface area (Å²) in [6.07, 6.45) is -0.958. The van der Waals surface area contributed by atoms with E-state index in [9.17, 15) is 64.8 Å². The largest absolute Gasteiger partial charge is 0.512 e. The highest BCUT2D eigenvalue weighted by molar-refractivity contribution is 8.05. The molecule has 22 heteroatoms. The van der Waals surface area contributed by atoms with Gasteiger partial charge >= 0.3 is 32.0 Å². The lowest BCUT2D eigenvalue weighted by atomic mass is 9.89. The first-order chi connectivity index (χ1) is 16.3. The second kappa shape index (κ2) is 9.91. The molecule has 0 aromatic rings. The Morgan fingerprint density at radius 2 is 1.24 bits per heavy atom. The molecule has 0 radical (unpaired) electrons. The Labute approximate surface area is 205 Å². The number of nitrogens with one attached hydrogen (secondary N) is 2. The van der Waals surface area contributed by atoms with Crippen LogP contribution in [0.5, 0.6) is 0 Å². The quantitative estimate of drug-likeness (QED) is 0.332. The van der Waals surface area contributed by atoms with Crippen molar-refractivity contribution in [1.82, 2.24) is 8.85 Å². The highest BCUT2D eigenvalue weighted by atomic mass is 32.3. The minimum atomic E-state index is -7.80. The first-order valence-corrected chi connectivity index (χ1v) is 14.5. The summed E-state index contributed by atoms with van der Waals surface area (Å²) in [6.45, 7) is 2.94. The van der Waals surface area contributed by atoms with Crippen molar-refractivity contribution in [2.24, 2.45) is 5.41 Å². The van der Waals surface area contributed by atoms with Crippen LogP contribution in [0.4, 0.5) is 39.5 Å². The first-order valence-electron chi connectivity index (χ1n) is 10.0. The molecule has 2 N–H and O–H groups in total. The molecule has 0 aromatic heterocycles. The van der Waals surface area contributed by atoms with Crippen LogP contribution in [0.1, 0.15) is 32.6 Å². The van der Waals surface area contributed by atoms with Crippen LogP contribution in [0.3, 0.4) is 0 Å². The molecule has 1 aliphatic carbocycles. The number of alkyl halides is 9. The fraction of sp³-hybridized carbons (Fsp3) is 1.00. The van der Waals surface area contributed by atoms with E-state index >= 15 is 0 Å². The molecular formula is C15H21F9N2O8S3. The summed E-state index contributed by atoms with van der Waals surface area (Å²) in [5.74, 6) is -7.45. The smallest absolute Gasteiger partial charge is 0.380 e. The molecule has 2 aliphatic rings. The van der Waals surface area contributed by atoms with Crippen LogP contribution in [-0.2, 0) is 39.5 Å². The van der Waals surface area contributed by atoms with Crippen LogP contribution >= 0.6 is 0 Å². The summed E-state index contributed by atoms with van der Waals surface area (Å²) in [4.78, 5) is 0. The summed E-state index contributed by atoms with van der Waals surface area (Å²) < 4.78 is 200. The van der Waals surface area contributed by atoms with Crippen molar-refractivity contribution in [2.45, 2.75) is 66.7 Å². The van der Waals surface area contributed by atoms with E-state index < -0.39 is 68.3 Å². The Morgan fingerprint density at radius 3 is 1.65 bits per heavy atom. The van der Waals surface area contributed by atoms with Gasteiger partial charge in [0.2, 0.25) is 0 Å². The van der Waals surface area contributed by atoms with Gasteiger partial charge in [0.05, 0.1) is 25.9 Å². The third-order valence-corrected chi connectivity index (χ3v) is 10.4. The zero-order valence-electron chi connectivity index (χ0n) is 18.5. The maximum atomic E-state index is 14.2. The maximum Gasteiger partial charge on any atom is 0.512 e. The molecular weight excluding hydrogens is 603 g/mol. The molecule has 0 spiro atoms. The standard InChI is InChI=1S/C15H21F9N2O8S3/c1-11(6-33-7-11)8-34-10-4-2-9(3-5-10)25-35(27,28)13(18,19)12(16,17)14(20,21)36(29,30)26-37(31,32)15(22,23)24/h9-10,25-26H,2-8H2,1H3. The summed E-state index contributed by atoms with van der Waals surface area (Å²) in [5.41, 5.74) is -6.89. The van der Waals surface area contributed by atoms with Crippen molar-refractivity contribution < 1.29 is 74.2 Å². The number of hydrogen-bond acceptors (Lipinski definition) is 8. The Balaban J connectivity index is 2.15. The zero-order valence-corrected chi connectivity index (χ0v) is 20.9. The van der Waals surface area contributed by atoms with Gasteiger partial charge in [-0.25, -0.2) is 30.0 Å². The van der Waals surface area contributed by atoms with Gasteiger partial charge in [0.15, 0.2) is 0 Å². The molecule has 10 nitrogen and oxygen atoms in total. The van der Waals surface area contributed by atoms with E-state index in [0.717, 1.165) is 4.72 Å². The number of halogens is 9. The van der Waals surface area contributed by atoms with E-state index in [0.29, 0.717) is 13.2 Å². The van der Waals surface area contributed by atoms with Crippen LogP contribution in [0.25, 0.3) is 0 Å². The molecule has 1 saturated heterocycles. The van der Waals surface area contributed by atoms with Crippen molar-refractivity contribution in [2.75, 3.05) is 19.8 Å². The Bertz CT molecular complexity index is 1160. The van der Waals surface area contributed by atoms with Crippen LogP contribution in [0.15, 0.2) is 0 Å². The van der Waals surface area contributed by atoms with Gasteiger partial charge in [0.25, 0.3) is 20.0 Å². The molecule has 2 rings (SSSR count). The van der Waals surface area contributed by atoms with Crippen molar-refractivity contribution in [1.29, 1.82) is 0 Å². The molecule has 0 unspecified atom stereocenters. The SMILES string of the molecule is CC1(COC2CCC(NS(=O)(=O)C(F)(F)C(F)(F)C(F)(F)S(=O)(=O)NS(=O)(=O)C(F)(F)F)CC2)COC1. The summed E-state index contributed by atoms with van der Waals surface area (Å²) in [5, 5.41) is -14.3. The molecule has 2 fully saturated rings. The number of hydrogen-bond donors (Lipinski definition) is 2. The van der Waals surface area contributed by atoms with Crippen LogP contribution in [0, 0.1) is 5.41 Å². The van der Waals surface area contributed by atoms with Crippen molar-refractivity contribution in [3.63, 3.8) is 0 Å². The maximum absolute atomic E-state index is 14.2. The van der Waals surface area contributed by atoms with Crippen LogP contribution in [0.2, 0.25) is 0 Å². The summed E-state index contributed by atoms with van der Waals surface area (Å²) in [7, 11) is -21.9. The molecule has 1 heterocycles. The number of rotatable bonds is 11.